The molecule has 1 heterocycles. The monoisotopic (exact) mass is 403 g/mol. The Hall–Kier alpha value is -2.89. The summed E-state index contributed by atoms with van der Waals surface area (Å²) >= 11 is 0. The number of rotatable bonds is 7. The molecule has 1 unspecified atom stereocenters. The fraction of sp³-hybridized carbons (Fsp3) is 0.733. The van der Waals surface area contributed by atoms with Crippen molar-refractivity contribution < 1.29 is 47.6 Å². The van der Waals surface area contributed by atoms with Gasteiger partial charge in [-0.15, -0.1) is 0 Å². The van der Waals surface area contributed by atoms with E-state index in [1.807, 2.05) is 0 Å². The summed E-state index contributed by atoms with van der Waals surface area (Å²) in [6, 6.07) is 0. The number of hydrogen-bond donors (Lipinski definition) is 0. The van der Waals surface area contributed by atoms with Gasteiger partial charge in [-0.2, -0.15) is 0 Å². The molecule has 0 spiro atoms. The van der Waals surface area contributed by atoms with Gasteiger partial charge in [-0.05, 0) is 5.53 Å². The van der Waals surface area contributed by atoms with Crippen molar-refractivity contribution in [1.82, 2.24) is 0 Å². The van der Waals surface area contributed by atoms with E-state index in [-0.39, 0.29) is 0 Å². The summed E-state index contributed by atoms with van der Waals surface area (Å²) < 4.78 is 31.3. The van der Waals surface area contributed by atoms with Gasteiger partial charge in [0.15, 0.2) is 24.5 Å². The summed E-state index contributed by atoms with van der Waals surface area (Å²) in [6.45, 7) is 3.70. The number of hydrogen-bond acceptors (Lipinski definition) is 11. The molecular weight excluding hydrogens is 382 g/mol. The van der Waals surface area contributed by atoms with Gasteiger partial charge in [-0.25, -0.2) is 0 Å². The zero-order chi connectivity index (χ0) is 21.5. The summed E-state index contributed by atoms with van der Waals surface area (Å²) in [7, 11) is 1.14. The molecule has 1 aliphatic rings. The summed E-state index contributed by atoms with van der Waals surface area (Å²) in [5, 5.41) is 3.39. The van der Waals surface area contributed by atoms with Gasteiger partial charge in [0.25, 0.3) is 0 Å². The molecule has 13 heteroatoms. The summed E-state index contributed by atoms with van der Waals surface area (Å²) in [5.74, 6) is -5.19. The van der Waals surface area contributed by atoms with Crippen LogP contribution in [0, 0.1) is 0 Å². The Labute approximate surface area is 159 Å². The van der Waals surface area contributed by atoms with Crippen molar-refractivity contribution in [2.45, 2.75) is 58.0 Å². The van der Waals surface area contributed by atoms with E-state index in [2.05, 4.69) is 10.0 Å². The predicted molar refractivity (Wildman–Crippen MR) is 87.1 cm³/mol. The van der Waals surface area contributed by atoms with Crippen molar-refractivity contribution in [2.24, 2.45) is 5.11 Å². The Morgan fingerprint density at radius 3 is 1.93 bits per heavy atom. The van der Waals surface area contributed by atoms with Gasteiger partial charge in [0.05, 0.1) is 0 Å². The van der Waals surface area contributed by atoms with E-state index in [0.29, 0.717) is 0 Å². The fourth-order valence-electron chi connectivity index (χ4n) is 2.58. The van der Waals surface area contributed by atoms with Gasteiger partial charge in [-0.1, -0.05) is 5.11 Å². The van der Waals surface area contributed by atoms with Crippen LogP contribution in [0.1, 0.15) is 27.7 Å². The highest BCUT2D eigenvalue weighted by molar-refractivity contribution is 5.68. The number of nitrogens with zero attached hydrogens (tertiary/aromatic N) is 3. The molecule has 0 aromatic heterocycles. The van der Waals surface area contributed by atoms with Gasteiger partial charge in [0.2, 0.25) is 5.79 Å². The first-order chi connectivity index (χ1) is 13.1. The van der Waals surface area contributed by atoms with Crippen LogP contribution in [0.15, 0.2) is 5.11 Å². The van der Waals surface area contributed by atoms with E-state index in [1.165, 1.54) is 0 Å². The van der Waals surface area contributed by atoms with E-state index in [4.69, 9.17) is 34.0 Å². The molecule has 1 fully saturated rings. The number of carbonyl (C=O) groups is 4. The molecule has 156 valence electrons. The average Bonchev–Trinajstić information content (AvgIpc) is 2.57. The molecule has 28 heavy (non-hydrogen) atoms. The van der Waals surface area contributed by atoms with Crippen LogP contribution in [0.25, 0.3) is 10.4 Å². The Balaban J connectivity index is 3.54. The maximum Gasteiger partial charge on any atom is 0.303 e. The van der Waals surface area contributed by atoms with Crippen LogP contribution in [0.5, 0.6) is 0 Å². The first kappa shape index (κ1) is 23.1. The summed E-state index contributed by atoms with van der Waals surface area (Å²) in [6.07, 6.45) is -6.05. The molecule has 0 aromatic rings. The van der Waals surface area contributed by atoms with Crippen LogP contribution in [0.4, 0.5) is 0 Å². The standard InChI is InChI=1S/C15H21N3O10/c1-7(19)24-6-15(23-5)13(27-10(4)22)11(25-8(2)20)12(26-9(3)21)14(28-15)17-18-16/h11-14H,6H2,1-5H3/t11-,12-,13-,14-,15?/m1/s1. The molecule has 0 bridgehead atoms. The van der Waals surface area contributed by atoms with Gasteiger partial charge in [0.1, 0.15) is 6.61 Å². The van der Waals surface area contributed by atoms with Crippen LogP contribution in [0.2, 0.25) is 0 Å². The quantitative estimate of drug-likeness (QED) is 0.190. The van der Waals surface area contributed by atoms with Gasteiger partial charge in [-0.3, -0.25) is 19.2 Å². The highest BCUT2D eigenvalue weighted by Gasteiger charge is 2.61. The first-order valence-corrected chi connectivity index (χ1v) is 7.98. The highest BCUT2D eigenvalue weighted by atomic mass is 16.8. The largest absolute Gasteiger partial charge is 0.460 e. The lowest BCUT2D eigenvalue weighted by Crippen LogP contribution is -2.69. The van der Waals surface area contributed by atoms with Gasteiger partial charge in [0, 0.05) is 39.7 Å². The lowest BCUT2D eigenvalue weighted by Gasteiger charge is -2.48. The third-order valence-electron chi connectivity index (χ3n) is 3.54. The normalized spacial score (nSPS) is 29.0. The van der Waals surface area contributed by atoms with Crippen molar-refractivity contribution >= 4 is 23.9 Å². The number of azide groups is 1. The molecule has 1 aliphatic heterocycles. The Morgan fingerprint density at radius 1 is 0.964 bits per heavy atom. The Morgan fingerprint density at radius 2 is 1.50 bits per heavy atom. The van der Waals surface area contributed by atoms with Crippen LogP contribution in [-0.4, -0.2) is 67.9 Å². The Bertz CT molecular complexity index is 677. The van der Waals surface area contributed by atoms with Gasteiger partial charge < -0.3 is 28.4 Å². The SMILES string of the molecule is COC1(COC(C)=O)O[C@@H](N=[N+]=[N-])[C@H](OC(C)=O)[C@@H](OC(C)=O)[C@H]1OC(C)=O. The third kappa shape index (κ3) is 5.81. The van der Waals surface area contributed by atoms with E-state index in [9.17, 15) is 19.2 Å². The molecule has 1 saturated heterocycles. The number of ether oxygens (including phenoxy) is 6. The highest BCUT2D eigenvalue weighted by Crippen LogP contribution is 2.37. The first-order valence-electron chi connectivity index (χ1n) is 7.98. The van der Waals surface area contributed by atoms with Crippen molar-refractivity contribution in [1.29, 1.82) is 0 Å². The summed E-state index contributed by atoms with van der Waals surface area (Å²) in [4.78, 5) is 48.7. The third-order valence-corrected chi connectivity index (χ3v) is 3.54. The van der Waals surface area contributed by atoms with Crippen LogP contribution < -0.4 is 0 Å². The lowest BCUT2D eigenvalue weighted by molar-refractivity contribution is -0.363. The lowest BCUT2D eigenvalue weighted by atomic mass is 9.94. The molecule has 0 saturated carbocycles. The second-order valence-electron chi connectivity index (χ2n) is 5.69. The maximum atomic E-state index is 11.6. The molecule has 0 radical (unpaired) electrons. The second kappa shape index (κ2) is 9.88. The average molecular weight is 403 g/mol. The molecule has 0 aromatic carbocycles. The minimum atomic E-state index is -2.02. The molecule has 0 amide bonds. The van der Waals surface area contributed by atoms with E-state index < -0.39 is 60.8 Å². The molecular formula is C15H21N3O10. The topological polar surface area (TPSA) is 172 Å². The van der Waals surface area contributed by atoms with E-state index >= 15 is 0 Å². The molecule has 1 rings (SSSR count). The van der Waals surface area contributed by atoms with Crippen molar-refractivity contribution in [3.63, 3.8) is 0 Å². The molecule has 5 atom stereocenters. The minimum Gasteiger partial charge on any atom is -0.460 e. The van der Waals surface area contributed by atoms with E-state index in [0.717, 1.165) is 34.8 Å². The minimum absolute atomic E-state index is 0.612. The zero-order valence-electron chi connectivity index (χ0n) is 15.9. The second-order valence-corrected chi connectivity index (χ2v) is 5.69. The Kier molecular flexibility index (Phi) is 8.16. The maximum absolute atomic E-state index is 11.6. The fourth-order valence-corrected chi connectivity index (χ4v) is 2.58. The molecule has 0 aliphatic carbocycles. The van der Waals surface area contributed by atoms with Crippen LogP contribution >= 0.6 is 0 Å². The van der Waals surface area contributed by atoms with Crippen molar-refractivity contribution in [2.75, 3.05) is 13.7 Å². The van der Waals surface area contributed by atoms with E-state index in [1.54, 1.807) is 0 Å². The molecule has 0 N–H and O–H groups in total. The van der Waals surface area contributed by atoms with Crippen molar-refractivity contribution in [3.05, 3.63) is 10.4 Å². The number of esters is 4. The van der Waals surface area contributed by atoms with Crippen LogP contribution in [-0.2, 0) is 47.6 Å². The van der Waals surface area contributed by atoms with Gasteiger partial charge >= 0.3 is 23.9 Å². The van der Waals surface area contributed by atoms with Crippen molar-refractivity contribution in [3.8, 4) is 0 Å². The summed E-state index contributed by atoms with van der Waals surface area (Å²) in [5.41, 5.74) is 8.83. The van der Waals surface area contributed by atoms with Crippen LogP contribution in [0.3, 0.4) is 0 Å². The zero-order valence-corrected chi connectivity index (χ0v) is 15.9. The smallest absolute Gasteiger partial charge is 0.303 e. The predicted octanol–water partition coefficient (Wildman–Crippen LogP) is 0.354. The number of methoxy groups -OCH3 is 1. The number of carbonyl (C=O) groups excluding carboxylic acids is 4. The molecule has 13 nitrogen and oxygen atoms in total.